The number of halogens is 2. The van der Waals surface area contributed by atoms with Crippen LogP contribution < -0.4 is 5.73 Å². The Kier molecular flexibility index (Phi) is 3.39. The van der Waals surface area contributed by atoms with Gasteiger partial charge in [0, 0.05) is 11.4 Å². The fraction of sp³-hybridized carbons (Fsp3) is 0.154. The Hall–Kier alpha value is -1.23. The molecule has 0 saturated carbocycles. The van der Waals surface area contributed by atoms with Crippen LogP contribution in [-0.4, -0.2) is 9.55 Å². The van der Waals surface area contributed by atoms with Crippen molar-refractivity contribution in [1.29, 1.82) is 0 Å². The van der Waals surface area contributed by atoms with Crippen LogP contribution in [0.1, 0.15) is 4.88 Å². The highest BCUT2D eigenvalue weighted by molar-refractivity contribution is 7.09. The number of rotatable bonds is 3. The molecule has 0 aliphatic heterocycles. The first kappa shape index (κ1) is 12.8. The van der Waals surface area contributed by atoms with Crippen LogP contribution in [0.3, 0.4) is 0 Å². The van der Waals surface area contributed by atoms with E-state index in [2.05, 4.69) is 16.4 Å². The normalized spacial score (nSPS) is 11.3. The minimum absolute atomic E-state index is 0.491. The Morgan fingerprint density at radius 2 is 2.05 bits per heavy atom. The molecule has 98 valence electrons. The van der Waals surface area contributed by atoms with E-state index in [0.717, 1.165) is 24.0 Å². The molecule has 1 aromatic carbocycles. The second kappa shape index (κ2) is 5.04. The molecule has 0 fully saturated rings. The summed E-state index contributed by atoms with van der Waals surface area (Å²) in [7, 11) is 0. The van der Waals surface area contributed by atoms with Gasteiger partial charge in [-0.25, -0.2) is 4.98 Å². The SMILES string of the molecule is Nc1nc2cc(Cl)c(Cl)cc2n1CCc1cccs1. The summed E-state index contributed by atoms with van der Waals surface area (Å²) in [5.41, 5.74) is 7.66. The maximum absolute atomic E-state index is 6.06. The van der Waals surface area contributed by atoms with Gasteiger partial charge in [-0.15, -0.1) is 11.3 Å². The topological polar surface area (TPSA) is 43.8 Å². The van der Waals surface area contributed by atoms with Crippen LogP contribution >= 0.6 is 34.5 Å². The first-order valence-electron chi connectivity index (χ1n) is 5.78. The van der Waals surface area contributed by atoms with E-state index in [4.69, 9.17) is 28.9 Å². The first-order chi connectivity index (χ1) is 9.15. The van der Waals surface area contributed by atoms with Crippen molar-refractivity contribution in [1.82, 2.24) is 9.55 Å². The Labute approximate surface area is 124 Å². The minimum atomic E-state index is 0.491. The van der Waals surface area contributed by atoms with Gasteiger partial charge in [0.2, 0.25) is 5.95 Å². The van der Waals surface area contributed by atoms with Crippen LogP contribution in [0.15, 0.2) is 29.6 Å². The van der Waals surface area contributed by atoms with E-state index < -0.39 is 0 Å². The predicted octanol–water partition coefficient (Wildman–Crippen LogP) is 4.23. The van der Waals surface area contributed by atoms with Crippen molar-refractivity contribution in [2.24, 2.45) is 0 Å². The largest absolute Gasteiger partial charge is 0.369 e. The summed E-state index contributed by atoms with van der Waals surface area (Å²) in [6.07, 6.45) is 0.924. The van der Waals surface area contributed by atoms with Crippen molar-refractivity contribution in [2.45, 2.75) is 13.0 Å². The zero-order valence-electron chi connectivity index (χ0n) is 9.94. The number of nitrogen functional groups attached to an aromatic ring is 1. The average molecular weight is 312 g/mol. The molecule has 0 radical (unpaired) electrons. The lowest BCUT2D eigenvalue weighted by Gasteiger charge is -2.05. The van der Waals surface area contributed by atoms with Crippen LogP contribution in [-0.2, 0) is 13.0 Å². The van der Waals surface area contributed by atoms with Gasteiger partial charge in [0.1, 0.15) is 0 Å². The smallest absolute Gasteiger partial charge is 0.201 e. The lowest BCUT2D eigenvalue weighted by atomic mass is 10.3. The molecule has 0 bridgehead atoms. The van der Waals surface area contributed by atoms with Crippen LogP contribution in [0.4, 0.5) is 5.95 Å². The van der Waals surface area contributed by atoms with Crippen LogP contribution in [0.5, 0.6) is 0 Å². The number of nitrogens with zero attached hydrogens (tertiary/aromatic N) is 2. The lowest BCUT2D eigenvalue weighted by molar-refractivity contribution is 0.733. The van der Waals surface area contributed by atoms with E-state index in [1.165, 1.54) is 4.88 Å². The molecular weight excluding hydrogens is 301 g/mol. The predicted molar refractivity (Wildman–Crippen MR) is 82.2 cm³/mol. The Morgan fingerprint density at radius 3 is 2.79 bits per heavy atom. The maximum Gasteiger partial charge on any atom is 0.201 e. The van der Waals surface area contributed by atoms with E-state index in [1.807, 2.05) is 16.7 Å². The Bertz CT molecular complexity index is 719. The van der Waals surface area contributed by atoms with Gasteiger partial charge in [0.05, 0.1) is 21.1 Å². The number of nitrogens with two attached hydrogens (primary N) is 1. The van der Waals surface area contributed by atoms with Crippen molar-refractivity contribution < 1.29 is 0 Å². The van der Waals surface area contributed by atoms with E-state index in [0.29, 0.717) is 16.0 Å². The van der Waals surface area contributed by atoms with Crippen LogP contribution in [0.25, 0.3) is 11.0 Å². The van der Waals surface area contributed by atoms with Gasteiger partial charge in [0.25, 0.3) is 0 Å². The second-order valence-corrected chi connectivity index (χ2v) is 6.05. The number of thiophene rings is 1. The summed E-state index contributed by atoms with van der Waals surface area (Å²) in [6, 6.07) is 7.73. The van der Waals surface area contributed by atoms with E-state index >= 15 is 0 Å². The van der Waals surface area contributed by atoms with Gasteiger partial charge < -0.3 is 10.3 Å². The molecular formula is C13H11Cl2N3S. The maximum atomic E-state index is 6.06. The van der Waals surface area contributed by atoms with Crippen LogP contribution in [0.2, 0.25) is 10.0 Å². The summed E-state index contributed by atoms with van der Waals surface area (Å²) in [5, 5.41) is 3.09. The summed E-state index contributed by atoms with van der Waals surface area (Å²) in [6.45, 7) is 0.779. The standard InChI is InChI=1S/C13H11Cl2N3S/c14-9-6-11-12(7-10(9)15)18(13(16)17-11)4-3-8-2-1-5-19-8/h1-2,5-7H,3-4H2,(H2,16,17). The number of hydrogen-bond acceptors (Lipinski definition) is 3. The molecule has 0 amide bonds. The van der Waals surface area contributed by atoms with E-state index in [1.54, 1.807) is 17.4 Å². The van der Waals surface area contributed by atoms with Gasteiger partial charge in [-0.05, 0) is 30.0 Å². The van der Waals surface area contributed by atoms with Crippen molar-refractivity contribution in [3.63, 3.8) is 0 Å². The van der Waals surface area contributed by atoms with E-state index in [9.17, 15) is 0 Å². The minimum Gasteiger partial charge on any atom is -0.369 e. The molecule has 2 aromatic heterocycles. The third-order valence-electron chi connectivity index (χ3n) is 2.98. The summed E-state index contributed by atoms with van der Waals surface area (Å²) >= 11 is 13.8. The lowest BCUT2D eigenvalue weighted by Crippen LogP contribution is -2.05. The summed E-state index contributed by atoms with van der Waals surface area (Å²) in [4.78, 5) is 5.64. The average Bonchev–Trinajstić information content (AvgIpc) is 2.96. The number of benzene rings is 1. The molecule has 0 unspecified atom stereocenters. The Balaban J connectivity index is 1.98. The highest BCUT2D eigenvalue weighted by Crippen LogP contribution is 2.29. The summed E-state index contributed by atoms with van der Waals surface area (Å²) < 4.78 is 1.97. The quantitative estimate of drug-likeness (QED) is 0.786. The monoisotopic (exact) mass is 311 g/mol. The number of hydrogen-bond donors (Lipinski definition) is 1. The van der Waals surface area contributed by atoms with Gasteiger partial charge in [-0.2, -0.15) is 0 Å². The van der Waals surface area contributed by atoms with Crippen LogP contribution in [0, 0.1) is 0 Å². The number of aromatic nitrogens is 2. The summed E-state index contributed by atoms with van der Waals surface area (Å²) in [5.74, 6) is 0.491. The fourth-order valence-electron chi connectivity index (χ4n) is 2.05. The first-order valence-corrected chi connectivity index (χ1v) is 7.42. The number of fused-ring (bicyclic) bond motifs is 1. The third-order valence-corrected chi connectivity index (χ3v) is 4.64. The third kappa shape index (κ3) is 2.43. The molecule has 0 aliphatic rings. The number of anilines is 1. The molecule has 2 N–H and O–H groups in total. The zero-order chi connectivity index (χ0) is 13.4. The van der Waals surface area contributed by atoms with Gasteiger partial charge in [0.15, 0.2) is 0 Å². The van der Waals surface area contributed by atoms with Crippen molar-refractivity contribution in [2.75, 3.05) is 5.73 Å². The molecule has 0 spiro atoms. The molecule has 0 aliphatic carbocycles. The molecule has 0 atom stereocenters. The highest BCUT2D eigenvalue weighted by atomic mass is 35.5. The molecule has 0 saturated heterocycles. The molecule has 2 heterocycles. The van der Waals surface area contributed by atoms with Gasteiger partial charge in [-0.1, -0.05) is 29.3 Å². The van der Waals surface area contributed by atoms with E-state index in [-0.39, 0.29) is 0 Å². The van der Waals surface area contributed by atoms with Gasteiger partial charge in [-0.3, -0.25) is 0 Å². The zero-order valence-corrected chi connectivity index (χ0v) is 12.3. The molecule has 3 rings (SSSR count). The number of aryl methyl sites for hydroxylation is 2. The van der Waals surface area contributed by atoms with Crippen molar-refractivity contribution in [3.8, 4) is 0 Å². The van der Waals surface area contributed by atoms with Crippen molar-refractivity contribution in [3.05, 3.63) is 44.6 Å². The van der Waals surface area contributed by atoms with Crippen molar-refractivity contribution >= 4 is 51.5 Å². The highest BCUT2D eigenvalue weighted by Gasteiger charge is 2.11. The second-order valence-electron chi connectivity index (χ2n) is 4.21. The molecule has 3 nitrogen and oxygen atoms in total. The Morgan fingerprint density at radius 1 is 1.26 bits per heavy atom. The number of imidazole rings is 1. The molecule has 6 heteroatoms. The molecule has 3 aromatic rings. The van der Waals surface area contributed by atoms with Gasteiger partial charge >= 0.3 is 0 Å². The molecule has 19 heavy (non-hydrogen) atoms. The fourth-order valence-corrected chi connectivity index (χ4v) is 3.06.